The van der Waals surface area contributed by atoms with E-state index < -0.39 is 11.6 Å². The Morgan fingerprint density at radius 1 is 1.31 bits per heavy atom. The number of halogens is 1. The third-order valence-electron chi connectivity index (χ3n) is 2.29. The number of phenolic OH excluding ortho intramolecular Hbond substituents is 1. The lowest BCUT2D eigenvalue weighted by atomic mass is 9.93. The summed E-state index contributed by atoms with van der Waals surface area (Å²) in [5.74, 6) is -0.970. The fraction of sp³-hybridized carbons (Fsp3) is 0.0909. The van der Waals surface area contributed by atoms with Crippen molar-refractivity contribution in [2.45, 2.75) is 0 Å². The molecule has 1 aliphatic carbocycles. The average Bonchev–Trinajstić information content (AvgIpc) is 2.24. The number of benzene rings is 1. The van der Waals surface area contributed by atoms with E-state index >= 15 is 0 Å². The molecule has 0 heterocycles. The van der Waals surface area contributed by atoms with Crippen LogP contribution in [0.1, 0.15) is 20.7 Å². The predicted octanol–water partition coefficient (Wildman–Crippen LogP) is 1.90. The van der Waals surface area contributed by atoms with Gasteiger partial charge in [-0.2, -0.15) is 0 Å². The third kappa shape index (κ3) is 1.47. The average molecular weight is 239 g/mol. The van der Waals surface area contributed by atoms with Crippen molar-refractivity contribution in [3.63, 3.8) is 0 Å². The van der Waals surface area contributed by atoms with Crippen LogP contribution in [0.4, 0.5) is 0 Å². The fourth-order valence-corrected chi connectivity index (χ4v) is 1.74. The van der Waals surface area contributed by atoms with E-state index in [1.165, 1.54) is 19.2 Å². The van der Waals surface area contributed by atoms with Crippen molar-refractivity contribution in [2.75, 3.05) is 7.11 Å². The molecule has 16 heavy (non-hydrogen) atoms. The monoisotopic (exact) mass is 238 g/mol. The first-order valence-corrected chi connectivity index (χ1v) is 4.79. The molecule has 5 heteroatoms. The van der Waals surface area contributed by atoms with E-state index in [-0.39, 0.29) is 21.9 Å². The number of aromatic hydroxyl groups is 1. The van der Waals surface area contributed by atoms with Gasteiger partial charge in [-0.15, -0.1) is 0 Å². The van der Waals surface area contributed by atoms with Gasteiger partial charge in [0.1, 0.15) is 11.5 Å². The van der Waals surface area contributed by atoms with Crippen LogP contribution in [0.25, 0.3) is 0 Å². The molecule has 0 atom stereocenters. The van der Waals surface area contributed by atoms with Crippen LogP contribution in [-0.2, 0) is 0 Å². The molecule has 0 saturated carbocycles. The van der Waals surface area contributed by atoms with Crippen molar-refractivity contribution in [3.05, 3.63) is 34.4 Å². The molecule has 0 amide bonds. The van der Waals surface area contributed by atoms with Crippen molar-refractivity contribution in [1.29, 1.82) is 0 Å². The summed E-state index contributed by atoms with van der Waals surface area (Å²) in [7, 11) is 1.40. The molecule has 0 aliphatic heterocycles. The van der Waals surface area contributed by atoms with E-state index in [0.29, 0.717) is 5.75 Å². The molecule has 0 saturated heterocycles. The van der Waals surface area contributed by atoms with Gasteiger partial charge in [-0.1, -0.05) is 11.6 Å². The van der Waals surface area contributed by atoms with Crippen LogP contribution in [-0.4, -0.2) is 23.8 Å². The molecule has 0 aromatic heterocycles. The van der Waals surface area contributed by atoms with Crippen LogP contribution in [0.3, 0.4) is 0 Å². The molecular weight excluding hydrogens is 232 g/mol. The van der Waals surface area contributed by atoms with Crippen LogP contribution < -0.4 is 4.74 Å². The summed E-state index contributed by atoms with van der Waals surface area (Å²) >= 11 is 5.61. The maximum atomic E-state index is 11.7. The molecule has 0 spiro atoms. The summed E-state index contributed by atoms with van der Waals surface area (Å²) < 4.78 is 4.89. The Morgan fingerprint density at radius 3 is 2.62 bits per heavy atom. The smallest absolute Gasteiger partial charge is 0.205 e. The Kier molecular flexibility index (Phi) is 2.44. The lowest BCUT2D eigenvalue weighted by molar-refractivity contribution is 0.0988. The molecule has 0 fully saturated rings. The number of rotatable bonds is 1. The minimum Gasteiger partial charge on any atom is -0.507 e. The first kappa shape index (κ1) is 10.7. The van der Waals surface area contributed by atoms with Crippen LogP contribution in [0.15, 0.2) is 23.2 Å². The van der Waals surface area contributed by atoms with E-state index in [9.17, 15) is 14.7 Å². The molecule has 1 aromatic carbocycles. The molecule has 1 N–H and O–H groups in total. The second-order valence-electron chi connectivity index (χ2n) is 3.25. The number of carbonyl (C=O) groups excluding carboxylic acids is 2. The molecule has 0 bridgehead atoms. The Labute approximate surface area is 96.1 Å². The zero-order chi connectivity index (χ0) is 11.9. The fourth-order valence-electron chi connectivity index (χ4n) is 1.54. The normalized spacial score (nSPS) is 14.5. The number of phenols is 1. The van der Waals surface area contributed by atoms with Gasteiger partial charge in [0.15, 0.2) is 5.78 Å². The van der Waals surface area contributed by atoms with Gasteiger partial charge in [0, 0.05) is 17.7 Å². The standard InChI is InChI=1S/C11H7ClO4/c1-16-5-2-6-10(8(13)3-5)9(14)4-7(12)11(6)15/h2-4,13H,1H3. The number of allylic oxidation sites excluding steroid dienone is 2. The van der Waals surface area contributed by atoms with Gasteiger partial charge < -0.3 is 9.84 Å². The molecule has 82 valence electrons. The third-order valence-corrected chi connectivity index (χ3v) is 2.57. The van der Waals surface area contributed by atoms with Crippen molar-refractivity contribution in [2.24, 2.45) is 0 Å². The number of methoxy groups -OCH3 is 1. The first-order chi connectivity index (χ1) is 7.54. The van der Waals surface area contributed by atoms with Gasteiger partial charge >= 0.3 is 0 Å². The van der Waals surface area contributed by atoms with Crippen LogP contribution in [0, 0.1) is 0 Å². The molecule has 1 aliphatic rings. The highest BCUT2D eigenvalue weighted by atomic mass is 35.5. The zero-order valence-electron chi connectivity index (χ0n) is 8.28. The number of Topliss-reactive ketones (excluding diaryl/α,β-unsaturated/α-hetero) is 1. The van der Waals surface area contributed by atoms with E-state index in [0.717, 1.165) is 6.08 Å². The van der Waals surface area contributed by atoms with Gasteiger partial charge in [0.2, 0.25) is 5.78 Å². The van der Waals surface area contributed by atoms with Gasteiger partial charge in [0.05, 0.1) is 17.7 Å². The lowest BCUT2D eigenvalue weighted by Gasteiger charge is -2.14. The molecular formula is C11H7ClO4. The maximum absolute atomic E-state index is 11.7. The van der Waals surface area contributed by atoms with Crippen molar-refractivity contribution in [1.82, 2.24) is 0 Å². The van der Waals surface area contributed by atoms with Crippen LogP contribution in [0.5, 0.6) is 11.5 Å². The van der Waals surface area contributed by atoms with Crippen molar-refractivity contribution >= 4 is 23.2 Å². The van der Waals surface area contributed by atoms with Gasteiger partial charge in [-0.25, -0.2) is 0 Å². The number of hydrogen-bond donors (Lipinski definition) is 1. The van der Waals surface area contributed by atoms with Crippen LogP contribution in [0.2, 0.25) is 0 Å². The van der Waals surface area contributed by atoms with Gasteiger partial charge in [-0.3, -0.25) is 9.59 Å². The summed E-state index contributed by atoms with van der Waals surface area (Å²) in [6.45, 7) is 0. The predicted molar refractivity (Wildman–Crippen MR) is 57.3 cm³/mol. The summed E-state index contributed by atoms with van der Waals surface area (Å²) in [4.78, 5) is 23.2. The number of ether oxygens (including phenoxy) is 1. The molecule has 0 radical (unpaired) electrons. The molecule has 2 rings (SSSR count). The summed E-state index contributed by atoms with van der Waals surface area (Å²) in [5, 5.41) is 9.46. The zero-order valence-corrected chi connectivity index (χ0v) is 9.04. The highest BCUT2D eigenvalue weighted by Gasteiger charge is 2.28. The number of ketones is 2. The van der Waals surface area contributed by atoms with E-state index in [2.05, 4.69) is 0 Å². The summed E-state index contributed by atoms with van der Waals surface area (Å²) in [6.07, 6.45) is 0.998. The van der Waals surface area contributed by atoms with Crippen molar-refractivity contribution in [3.8, 4) is 11.5 Å². The largest absolute Gasteiger partial charge is 0.507 e. The minimum atomic E-state index is -0.495. The highest BCUT2D eigenvalue weighted by Crippen LogP contribution is 2.33. The quantitative estimate of drug-likeness (QED) is 0.812. The Morgan fingerprint density at radius 2 is 2.00 bits per heavy atom. The van der Waals surface area contributed by atoms with Crippen molar-refractivity contribution < 1.29 is 19.4 Å². The summed E-state index contributed by atoms with van der Waals surface area (Å²) in [5.41, 5.74) is 0.0320. The van der Waals surface area contributed by atoms with Gasteiger partial charge in [-0.05, 0) is 6.07 Å². The summed E-state index contributed by atoms with van der Waals surface area (Å²) in [6, 6.07) is 2.65. The molecule has 1 aromatic rings. The first-order valence-electron chi connectivity index (χ1n) is 4.42. The van der Waals surface area contributed by atoms with E-state index in [4.69, 9.17) is 16.3 Å². The number of hydrogen-bond acceptors (Lipinski definition) is 4. The molecule has 4 nitrogen and oxygen atoms in total. The second-order valence-corrected chi connectivity index (χ2v) is 3.66. The van der Waals surface area contributed by atoms with Crippen LogP contribution >= 0.6 is 11.6 Å². The SMILES string of the molecule is COc1cc(O)c2c(c1)C(=O)C(Cl)=CC2=O. The maximum Gasteiger partial charge on any atom is 0.205 e. The Hall–Kier alpha value is -1.81. The Balaban J connectivity index is 2.72. The number of carbonyl (C=O) groups is 2. The minimum absolute atomic E-state index is 0.0322. The van der Waals surface area contributed by atoms with Gasteiger partial charge in [0.25, 0.3) is 0 Å². The highest BCUT2D eigenvalue weighted by molar-refractivity contribution is 6.49. The number of fused-ring (bicyclic) bond motifs is 1. The Bertz CT molecular complexity index is 531. The van der Waals surface area contributed by atoms with E-state index in [1.807, 2.05) is 0 Å². The van der Waals surface area contributed by atoms with E-state index in [1.54, 1.807) is 0 Å². The second kappa shape index (κ2) is 3.64. The lowest BCUT2D eigenvalue weighted by Crippen LogP contribution is -2.14. The molecule has 0 unspecified atom stereocenters. The topological polar surface area (TPSA) is 63.6 Å².